The topological polar surface area (TPSA) is 67.1 Å². The first-order valence-electron chi connectivity index (χ1n) is 10.9. The molecule has 0 atom stereocenters. The van der Waals surface area contributed by atoms with Crippen molar-refractivity contribution in [2.45, 2.75) is 39.7 Å². The summed E-state index contributed by atoms with van der Waals surface area (Å²) < 4.78 is 5.89. The number of pyridine rings is 1. The first-order chi connectivity index (χ1) is 15.7. The minimum absolute atomic E-state index is 0.277. The summed E-state index contributed by atoms with van der Waals surface area (Å²) in [6.07, 6.45) is 0.580. The third kappa shape index (κ3) is 4.12. The highest BCUT2D eigenvalue weighted by Gasteiger charge is 2.51. The van der Waals surface area contributed by atoms with E-state index in [9.17, 15) is 9.59 Å². The van der Waals surface area contributed by atoms with Crippen molar-refractivity contribution in [3.8, 4) is 5.75 Å². The Morgan fingerprint density at radius 1 is 1.06 bits per heavy atom. The van der Waals surface area contributed by atoms with Gasteiger partial charge in [-0.05, 0) is 76.1 Å². The number of benzene rings is 2. The summed E-state index contributed by atoms with van der Waals surface area (Å²) in [5, 5.41) is 1.01. The van der Waals surface area contributed by atoms with Crippen molar-refractivity contribution < 1.29 is 14.3 Å². The molecule has 0 spiro atoms. The maximum Gasteiger partial charge on any atom is 0.332 e. The second kappa shape index (κ2) is 8.55. The number of carbonyl (C=O) groups is 2. The fraction of sp³-hybridized carbons (Fsp3) is 0.308. The number of hydrogen-bond donors (Lipinski definition) is 0. The van der Waals surface area contributed by atoms with Gasteiger partial charge in [0.05, 0.1) is 24.4 Å². The zero-order valence-corrected chi connectivity index (χ0v) is 19.3. The number of amides is 3. The number of anilines is 1. The maximum absolute atomic E-state index is 13.2. The van der Waals surface area contributed by atoms with Crippen LogP contribution in [0.3, 0.4) is 0 Å². The van der Waals surface area contributed by atoms with Crippen LogP contribution in [-0.4, -0.2) is 40.5 Å². The van der Waals surface area contributed by atoms with Crippen molar-refractivity contribution in [2.75, 3.05) is 18.1 Å². The van der Waals surface area contributed by atoms with E-state index in [4.69, 9.17) is 11.3 Å². The van der Waals surface area contributed by atoms with Gasteiger partial charge in [0.25, 0.3) is 5.91 Å². The Morgan fingerprint density at radius 2 is 1.85 bits per heavy atom. The van der Waals surface area contributed by atoms with Crippen LogP contribution in [0, 0.1) is 20.4 Å². The smallest absolute Gasteiger partial charge is 0.332 e. The molecule has 168 valence electrons. The zero-order valence-electron chi connectivity index (χ0n) is 19.3. The number of fused-ring (bicyclic) bond motifs is 1. The van der Waals surface area contributed by atoms with Gasteiger partial charge in [-0.1, -0.05) is 12.1 Å². The highest BCUT2D eigenvalue weighted by Crippen LogP contribution is 2.34. The standard InChI is InChI=1S/C26H26N4O3/c1-17-15-20(9-11-22(17)27-5)30-24(31)26(3,4)29(25(30)32)13-6-14-33-21-10-12-23-19(16-21)8-7-18(2)28-23/h7-12,15-16H,6,13-14H2,1-4H3. The van der Waals surface area contributed by atoms with Crippen molar-refractivity contribution in [2.24, 2.45) is 0 Å². The number of rotatable bonds is 6. The molecule has 2 aromatic carbocycles. The fourth-order valence-corrected chi connectivity index (χ4v) is 4.05. The predicted octanol–water partition coefficient (Wildman–Crippen LogP) is 5.42. The quantitative estimate of drug-likeness (QED) is 0.290. The molecule has 1 aromatic heterocycles. The van der Waals surface area contributed by atoms with Crippen LogP contribution >= 0.6 is 0 Å². The van der Waals surface area contributed by atoms with E-state index in [1.54, 1.807) is 43.9 Å². The first kappa shape index (κ1) is 22.3. The highest BCUT2D eigenvalue weighted by molar-refractivity contribution is 6.23. The molecule has 0 radical (unpaired) electrons. The van der Waals surface area contributed by atoms with Crippen LogP contribution in [0.4, 0.5) is 16.2 Å². The highest BCUT2D eigenvalue weighted by atomic mass is 16.5. The third-order valence-electron chi connectivity index (χ3n) is 5.98. The van der Waals surface area contributed by atoms with Crippen LogP contribution in [0.1, 0.15) is 31.5 Å². The summed E-state index contributed by atoms with van der Waals surface area (Å²) >= 11 is 0. The Hall–Kier alpha value is -3.92. The third-order valence-corrected chi connectivity index (χ3v) is 5.98. The van der Waals surface area contributed by atoms with E-state index in [0.717, 1.165) is 27.9 Å². The Labute approximate surface area is 193 Å². The molecule has 4 rings (SSSR count). The van der Waals surface area contributed by atoms with E-state index in [2.05, 4.69) is 9.83 Å². The number of hydrogen-bond acceptors (Lipinski definition) is 4. The number of imide groups is 1. The van der Waals surface area contributed by atoms with E-state index in [1.165, 1.54) is 4.90 Å². The lowest BCUT2D eigenvalue weighted by atomic mass is 10.0. The second-order valence-electron chi connectivity index (χ2n) is 8.73. The summed E-state index contributed by atoms with van der Waals surface area (Å²) in [7, 11) is 0. The van der Waals surface area contributed by atoms with Gasteiger partial charge in [0.1, 0.15) is 11.3 Å². The summed E-state index contributed by atoms with van der Waals surface area (Å²) in [5.41, 5.74) is 2.65. The van der Waals surface area contributed by atoms with E-state index in [1.807, 2.05) is 37.3 Å². The maximum atomic E-state index is 13.2. The molecule has 7 nitrogen and oxygen atoms in total. The summed E-state index contributed by atoms with van der Waals surface area (Å²) in [5.74, 6) is 0.467. The number of ether oxygens (including phenoxy) is 1. The average molecular weight is 443 g/mol. The van der Waals surface area contributed by atoms with Gasteiger partial charge in [-0.3, -0.25) is 9.78 Å². The number of aryl methyl sites for hydroxylation is 2. The van der Waals surface area contributed by atoms with Crippen molar-refractivity contribution in [1.29, 1.82) is 0 Å². The molecule has 1 aliphatic rings. The van der Waals surface area contributed by atoms with Gasteiger partial charge in [-0.25, -0.2) is 14.5 Å². The van der Waals surface area contributed by atoms with E-state index >= 15 is 0 Å². The molecule has 1 saturated heterocycles. The average Bonchev–Trinajstić information content (AvgIpc) is 2.95. The normalized spacial score (nSPS) is 15.2. The van der Waals surface area contributed by atoms with Crippen LogP contribution in [0.25, 0.3) is 15.7 Å². The Morgan fingerprint density at radius 3 is 2.58 bits per heavy atom. The van der Waals surface area contributed by atoms with Crippen LogP contribution in [-0.2, 0) is 4.79 Å². The molecule has 0 aliphatic carbocycles. The van der Waals surface area contributed by atoms with E-state index in [0.29, 0.717) is 30.9 Å². The van der Waals surface area contributed by atoms with Crippen LogP contribution < -0.4 is 9.64 Å². The summed E-state index contributed by atoms with van der Waals surface area (Å²) in [6.45, 7) is 15.3. The Kier molecular flexibility index (Phi) is 5.77. The molecule has 33 heavy (non-hydrogen) atoms. The summed E-state index contributed by atoms with van der Waals surface area (Å²) in [6, 6.07) is 14.4. The first-order valence-corrected chi connectivity index (χ1v) is 10.9. The van der Waals surface area contributed by atoms with Crippen molar-refractivity contribution in [3.05, 3.63) is 71.2 Å². The largest absolute Gasteiger partial charge is 0.494 e. The zero-order chi connectivity index (χ0) is 23.8. The minimum Gasteiger partial charge on any atom is -0.494 e. The van der Waals surface area contributed by atoms with Crippen LogP contribution in [0.15, 0.2) is 48.5 Å². The number of nitrogens with zero attached hydrogens (tertiary/aromatic N) is 4. The Balaban J connectivity index is 1.42. The molecular weight excluding hydrogens is 416 g/mol. The molecule has 0 saturated carbocycles. The SMILES string of the molecule is [C-]#[N+]c1ccc(N2C(=O)N(CCCOc3ccc4nc(C)ccc4c3)C(C)(C)C2=O)cc1C. The molecule has 2 heterocycles. The van der Waals surface area contributed by atoms with Crippen LogP contribution in [0.2, 0.25) is 0 Å². The molecule has 7 heteroatoms. The monoisotopic (exact) mass is 442 g/mol. The molecule has 0 unspecified atom stereocenters. The number of aromatic nitrogens is 1. The molecule has 1 fully saturated rings. The lowest BCUT2D eigenvalue weighted by molar-refractivity contribution is -0.123. The summed E-state index contributed by atoms with van der Waals surface area (Å²) in [4.78, 5) is 37.0. The van der Waals surface area contributed by atoms with Gasteiger partial charge < -0.3 is 9.64 Å². The van der Waals surface area contributed by atoms with Gasteiger partial charge in [0.2, 0.25) is 0 Å². The van der Waals surface area contributed by atoms with Gasteiger partial charge >= 0.3 is 6.03 Å². The van der Waals surface area contributed by atoms with E-state index in [-0.39, 0.29) is 11.9 Å². The molecule has 3 aromatic rings. The van der Waals surface area contributed by atoms with Gasteiger partial charge in [-0.2, -0.15) is 0 Å². The predicted molar refractivity (Wildman–Crippen MR) is 128 cm³/mol. The van der Waals surface area contributed by atoms with Crippen molar-refractivity contribution >= 4 is 34.2 Å². The lowest BCUT2D eigenvalue weighted by Gasteiger charge is -2.27. The number of carbonyl (C=O) groups excluding carboxylic acids is 2. The molecule has 0 N–H and O–H groups in total. The second-order valence-corrected chi connectivity index (χ2v) is 8.73. The van der Waals surface area contributed by atoms with Crippen molar-refractivity contribution in [1.82, 2.24) is 9.88 Å². The Bertz CT molecular complexity index is 1290. The fourth-order valence-electron chi connectivity index (χ4n) is 4.05. The molecule has 1 aliphatic heterocycles. The lowest BCUT2D eigenvalue weighted by Crippen LogP contribution is -2.44. The van der Waals surface area contributed by atoms with Gasteiger partial charge in [0.15, 0.2) is 5.69 Å². The molecular formula is C26H26N4O3. The van der Waals surface area contributed by atoms with Gasteiger partial charge in [0, 0.05) is 17.6 Å². The molecule has 3 amide bonds. The van der Waals surface area contributed by atoms with Gasteiger partial charge in [-0.15, -0.1) is 0 Å². The van der Waals surface area contributed by atoms with Crippen molar-refractivity contribution in [3.63, 3.8) is 0 Å². The minimum atomic E-state index is -0.962. The molecule has 0 bridgehead atoms. The number of urea groups is 1. The van der Waals surface area contributed by atoms with Crippen LogP contribution in [0.5, 0.6) is 5.75 Å². The van der Waals surface area contributed by atoms with E-state index < -0.39 is 5.54 Å².